The maximum absolute atomic E-state index is 11.9. The number of hydrogen-bond acceptors (Lipinski definition) is 3. The first kappa shape index (κ1) is 14.8. The molecule has 106 valence electrons. The summed E-state index contributed by atoms with van der Waals surface area (Å²) in [5.41, 5.74) is 4.93. The van der Waals surface area contributed by atoms with Crippen molar-refractivity contribution < 1.29 is 9.53 Å². The van der Waals surface area contributed by atoms with Crippen molar-refractivity contribution in [2.45, 2.75) is 20.8 Å². The largest absolute Gasteiger partial charge is 0.462 e. The number of nitriles is 1. The number of nitrogens with zero attached hydrogens (tertiary/aromatic N) is 1. The van der Waals surface area contributed by atoms with Gasteiger partial charge in [0.2, 0.25) is 0 Å². The van der Waals surface area contributed by atoms with E-state index in [0.717, 1.165) is 22.3 Å². The second-order valence-electron chi connectivity index (χ2n) is 4.91. The Hall–Kier alpha value is -2.60. The number of ether oxygens (including phenoxy) is 1. The van der Waals surface area contributed by atoms with Crippen LogP contribution in [0.2, 0.25) is 0 Å². The third-order valence-electron chi connectivity index (χ3n) is 3.33. The van der Waals surface area contributed by atoms with Crippen molar-refractivity contribution >= 4 is 5.97 Å². The molecule has 0 aliphatic rings. The number of carbonyl (C=O) groups excluding carboxylic acids is 1. The smallest absolute Gasteiger partial charge is 0.338 e. The van der Waals surface area contributed by atoms with Crippen LogP contribution in [0.3, 0.4) is 0 Å². The average Bonchev–Trinajstić information content (AvgIpc) is 2.49. The van der Waals surface area contributed by atoms with Crippen LogP contribution in [0.15, 0.2) is 36.4 Å². The van der Waals surface area contributed by atoms with E-state index in [9.17, 15) is 10.1 Å². The molecule has 0 spiro atoms. The predicted octanol–water partition coefficient (Wildman–Crippen LogP) is 4.02. The molecule has 0 radical (unpaired) electrons. The van der Waals surface area contributed by atoms with E-state index in [0.29, 0.717) is 17.7 Å². The van der Waals surface area contributed by atoms with E-state index in [-0.39, 0.29) is 5.97 Å². The van der Waals surface area contributed by atoms with E-state index in [1.54, 1.807) is 25.1 Å². The van der Waals surface area contributed by atoms with Crippen LogP contribution in [-0.4, -0.2) is 12.6 Å². The van der Waals surface area contributed by atoms with Crippen LogP contribution in [0.5, 0.6) is 0 Å². The Labute approximate surface area is 124 Å². The number of aryl methyl sites for hydroxylation is 2. The zero-order valence-electron chi connectivity index (χ0n) is 12.4. The van der Waals surface area contributed by atoms with Gasteiger partial charge in [-0.2, -0.15) is 5.26 Å². The number of esters is 1. The van der Waals surface area contributed by atoms with Gasteiger partial charge >= 0.3 is 5.97 Å². The van der Waals surface area contributed by atoms with Crippen molar-refractivity contribution in [1.82, 2.24) is 0 Å². The molecule has 0 saturated carbocycles. The van der Waals surface area contributed by atoms with Crippen LogP contribution in [-0.2, 0) is 4.74 Å². The molecule has 0 fully saturated rings. The summed E-state index contributed by atoms with van der Waals surface area (Å²) in [7, 11) is 0. The maximum Gasteiger partial charge on any atom is 0.338 e. The van der Waals surface area contributed by atoms with Crippen molar-refractivity contribution in [1.29, 1.82) is 5.26 Å². The highest BCUT2D eigenvalue weighted by Crippen LogP contribution is 2.29. The summed E-state index contributed by atoms with van der Waals surface area (Å²) >= 11 is 0. The minimum absolute atomic E-state index is 0.331. The van der Waals surface area contributed by atoms with Crippen molar-refractivity contribution in [2.24, 2.45) is 0 Å². The van der Waals surface area contributed by atoms with Crippen LogP contribution < -0.4 is 0 Å². The van der Waals surface area contributed by atoms with Crippen LogP contribution in [0.1, 0.15) is 34.0 Å². The van der Waals surface area contributed by atoms with Gasteiger partial charge in [0.25, 0.3) is 0 Å². The molecule has 21 heavy (non-hydrogen) atoms. The summed E-state index contributed by atoms with van der Waals surface area (Å²) in [6.07, 6.45) is 0. The molecule has 0 aliphatic heterocycles. The molecule has 0 aliphatic carbocycles. The molecule has 0 aromatic heterocycles. The van der Waals surface area contributed by atoms with Gasteiger partial charge in [-0.15, -0.1) is 0 Å². The van der Waals surface area contributed by atoms with E-state index < -0.39 is 0 Å². The normalized spacial score (nSPS) is 10.0. The minimum Gasteiger partial charge on any atom is -0.462 e. The Kier molecular flexibility index (Phi) is 4.39. The topological polar surface area (TPSA) is 50.1 Å². The van der Waals surface area contributed by atoms with Crippen molar-refractivity contribution in [3.8, 4) is 17.2 Å². The molecule has 3 heteroatoms. The van der Waals surface area contributed by atoms with E-state index in [1.165, 1.54) is 0 Å². The number of benzene rings is 2. The molecule has 3 nitrogen and oxygen atoms in total. The molecule has 0 unspecified atom stereocenters. The van der Waals surface area contributed by atoms with Crippen LogP contribution in [0.25, 0.3) is 11.1 Å². The third-order valence-corrected chi connectivity index (χ3v) is 3.33. The number of rotatable bonds is 3. The fourth-order valence-corrected chi connectivity index (χ4v) is 2.23. The lowest BCUT2D eigenvalue weighted by atomic mass is 9.93. The van der Waals surface area contributed by atoms with Gasteiger partial charge in [-0.25, -0.2) is 4.79 Å². The zero-order valence-corrected chi connectivity index (χ0v) is 12.4. The fraction of sp³-hybridized carbons (Fsp3) is 0.222. The van der Waals surface area contributed by atoms with Crippen molar-refractivity contribution in [3.05, 3.63) is 58.7 Å². The van der Waals surface area contributed by atoms with Gasteiger partial charge in [0.1, 0.15) is 0 Å². The summed E-state index contributed by atoms with van der Waals surface area (Å²) < 4.78 is 5.02. The van der Waals surface area contributed by atoms with Gasteiger partial charge < -0.3 is 4.74 Å². The Morgan fingerprint density at radius 2 is 1.90 bits per heavy atom. The summed E-state index contributed by atoms with van der Waals surface area (Å²) in [5, 5.41) is 9.31. The molecule has 0 amide bonds. The van der Waals surface area contributed by atoms with Gasteiger partial charge in [0.15, 0.2) is 0 Å². The quantitative estimate of drug-likeness (QED) is 0.797. The highest BCUT2D eigenvalue weighted by Gasteiger charge is 2.13. The Morgan fingerprint density at radius 1 is 1.14 bits per heavy atom. The molecule has 0 atom stereocenters. The number of hydrogen-bond donors (Lipinski definition) is 0. The summed E-state index contributed by atoms with van der Waals surface area (Å²) in [5.74, 6) is -0.367. The zero-order chi connectivity index (χ0) is 15.4. The van der Waals surface area contributed by atoms with Gasteiger partial charge in [-0.3, -0.25) is 0 Å². The van der Waals surface area contributed by atoms with Gasteiger partial charge in [-0.05, 0) is 50.1 Å². The first-order valence-corrected chi connectivity index (χ1v) is 6.85. The SMILES string of the molecule is CCOC(=O)c1ccc(C#N)c(-c2cc(C)ccc2C)c1. The van der Waals surface area contributed by atoms with Crippen LogP contribution in [0.4, 0.5) is 0 Å². The van der Waals surface area contributed by atoms with Gasteiger partial charge in [0.05, 0.1) is 23.8 Å². The highest BCUT2D eigenvalue weighted by molar-refractivity contribution is 5.92. The van der Waals surface area contributed by atoms with E-state index in [1.807, 2.05) is 32.0 Å². The van der Waals surface area contributed by atoms with Crippen LogP contribution >= 0.6 is 0 Å². The number of carbonyl (C=O) groups is 1. The standard InChI is InChI=1S/C18H17NO2/c1-4-21-18(20)14-7-8-15(11-19)17(10-14)16-9-12(2)5-6-13(16)3/h5-10H,4H2,1-3H3. The van der Waals surface area contributed by atoms with E-state index >= 15 is 0 Å². The minimum atomic E-state index is -0.367. The molecule has 0 saturated heterocycles. The van der Waals surface area contributed by atoms with Gasteiger partial charge in [0, 0.05) is 5.56 Å². The average molecular weight is 279 g/mol. The van der Waals surface area contributed by atoms with Crippen LogP contribution in [0, 0.1) is 25.2 Å². The van der Waals surface area contributed by atoms with Crippen molar-refractivity contribution in [3.63, 3.8) is 0 Å². The molecule has 0 bridgehead atoms. The second kappa shape index (κ2) is 6.23. The molecule has 2 rings (SSSR count). The monoisotopic (exact) mass is 279 g/mol. The highest BCUT2D eigenvalue weighted by atomic mass is 16.5. The van der Waals surface area contributed by atoms with Crippen molar-refractivity contribution in [2.75, 3.05) is 6.61 Å². The molecule has 2 aromatic rings. The van der Waals surface area contributed by atoms with E-state index in [2.05, 4.69) is 6.07 Å². The lowest BCUT2D eigenvalue weighted by Gasteiger charge is -2.11. The predicted molar refractivity (Wildman–Crippen MR) is 82.0 cm³/mol. The molecular formula is C18H17NO2. The lowest BCUT2D eigenvalue weighted by Crippen LogP contribution is -2.05. The summed E-state index contributed by atoms with van der Waals surface area (Å²) in [6.45, 7) is 6.10. The van der Waals surface area contributed by atoms with Gasteiger partial charge in [-0.1, -0.05) is 23.8 Å². The molecule has 0 N–H and O–H groups in total. The fourth-order valence-electron chi connectivity index (χ4n) is 2.23. The first-order valence-electron chi connectivity index (χ1n) is 6.85. The summed E-state index contributed by atoms with van der Waals surface area (Å²) in [4.78, 5) is 11.9. The Bertz CT molecular complexity index is 726. The first-order chi connectivity index (χ1) is 10.1. The second-order valence-corrected chi connectivity index (χ2v) is 4.91. The molecule has 0 heterocycles. The lowest BCUT2D eigenvalue weighted by molar-refractivity contribution is 0.0526. The third kappa shape index (κ3) is 3.11. The molecule has 2 aromatic carbocycles. The maximum atomic E-state index is 11.9. The summed E-state index contributed by atoms with van der Waals surface area (Å²) in [6, 6.07) is 13.3. The Balaban J connectivity index is 2.61. The van der Waals surface area contributed by atoms with E-state index in [4.69, 9.17) is 4.74 Å². The Morgan fingerprint density at radius 3 is 2.57 bits per heavy atom. The molecular weight excluding hydrogens is 262 g/mol.